The van der Waals surface area contributed by atoms with Crippen molar-refractivity contribution in [2.45, 2.75) is 6.92 Å². The summed E-state index contributed by atoms with van der Waals surface area (Å²) < 4.78 is 0. The summed E-state index contributed by atoms with van der Waals surface area (Å²) in [7, 11) is 0. The van der Waals surface area contributed by atoms with E-state index in [1.165, 1.54) is 0 Å². The van der Waals surface area contributed by atoms with E-state index in [0.717, 1.165) is 11.4 Å². The lowest BCUT2D eigenvalue weighted by Crippen LogP contribution is -2.02. The Morgan fingerprint density at radius 1 is 1.25 bits per heavy atom. The Bertz CT molecular complexity index is 504. The van der Waals surface area contributed by atoms with Crippen LogP contribution in [0.4, 0.5) is 11.4 Å². The van der Waals surface area contributed by atoms with Gasteiger partial charge in [0, 0.05) is 11.6 Å². The Kier molecular flexibility index (Phi) is 2.98. The van der Waals surface area contributed by atoms with Gasteiger partial charge in [0.05, 0.1) is 12.3 Å². The molecule has 1 aromatic rings. The highest BCUT2D eigenvalue weighted by atomic mass is 14.8. The van der Waals surface area contributed by atoms with Gasteiger partial charge in [0.15, 0.2) is 0 Å². The molecule has 0 bridgehead atoms. The minimum atomic E-state index is 0.277. The van der Waals surface area contributed by atoms with E-state index in [1.54, 1.807) is 6.07 Å². The van der Waals surface area contributed by atoms with Crippen molar-refractivity contribution >= 4 is 17.1 Å². The number of allylic oxidation sites excluding steroid dienone is 4. The van der Waals surface area contributed by atoms with Gasteiger partial charge >= 0.3 is 0 Å². The third-order valence-corrected chi connectivity index (χ3v) is 2.53. The van der Waals surface area contributed by atoms with Crippen LogP contribution in [0.3, 0.4) is 0 Å². The summed E-state index contributed by atoms with van der Waals surface area (Å²) in [5.41, 5.74) is 2.37. The molecule has 1 aromatic carbocycles. The molecule has 0 fully saturated rings. The van der Waals surface area contributed by atoms with Gasteiger partial charge in [-0.25, -0.2) is 4.85 Å². The molecule has 0 heterocycles. The van der Waals surface area contributed by atoms with Gasteiger partial charge in [-0.2, -0.15) is 0 Å². The molecule has 0 spiro atoms. The Labute approximate surface area is 95.5 Å². The highest BCUT2D eigenvalue weighted by molar-refractivity contribution is 5.91. The van der Waals surface area contributed by atoms with Gasteiger partial charge in [0.2, 0.25) is 5.69 Å². The third kappa shape index (κ3) is 2.09. The van der Waals surface area contributed by atoms with Crippen molar-refractivity contribution < 1.29 is 0 Å². The second kappa shape index (κ2) is 4.59. The SMILES string of the molecule is [C-]#[N+]c1ccccc1N=C(C)C1C=CC=C1. The van der Waals surface area contributed by atoms with Crippen LogP contribution in [0.2, 0.25) is 0 Å². The topological polar surface area (TPSA) is 16.7 Å². The lowest BCUT2D eigenvalue weighted by atomic mass is 10.1. The van der Waals surface area contributed by atoms with Crippen molar-refractivity contribution in [3.05, 3.63) is 60.0 Å². The number of hydrogen-bond acceptors (Lipinski definition) is 1. The second-order valence-electron chi connectivity index (χ2n) is 3.65. The fourth-order valence-corrected chi connectivity index (χ4v) is 1.63. The highest BCUT2D eigenvalue weighted by Crippen LogP contribution is 2.28. The van der Waals surface area contributed by atoms with Crippen LogP contribution in [0.5, 0.6) is 0 Å². The molecule has 2 rings (SSSR count). The summed E-state index contributed by atoms with van der Waals surface area (Å²) in [5.74, 6) is 0.277. The monoisotopic (exact) mass is 208 g/mol. The van der Waals surface area contributed by atoms with Crippen molar-refractivity contribution in [3.63, 3.8) is 0 Å². The van der Waals surface area contributed by atoms with Crippen molar-refractivity contribution in [3.8, 4) is 0 Å². The summed E-state index contributed by atoms with van der Waals surface area (Å²) in [6.07, 6.45) is 8.23. The van der Waals surface area contributed by atoms with Gasteiger partial charge in [-0.1, -0.05) is 42.5 Å². The molecule has 0 saturated heterocycles. The van der Waals surface area contributed by atoms with Crippen LogP contribution in [0.15, 0.2) is 53.6 Å². The average Bonchev–Trinajstić information content (AvgIpc) is 2.83. The van der Waals surface area contributed by atoms with E-state index in [-0.39, 0.29) is 5.92 Å². The number of para-hydroxylation sites is 2. The Morgan fingerprint density at radius 2 is 1.94 bits per heavy atom. The molecular weight excluding hydrogens is 196 g/mol. The molecule has 0 N–H and O–H groups in total. The van der Waals surface area contributed by atoms with Crippen molar-refractivity contribution in [1.82, 2.24) is 0 Å². The summed E-state index contributed by atoms with van der Waals surface area (Å²) >= 11 is 0. The van der Waals surface area contributed by atoms with Crippen molar-refractivity contribution in [2.75, 3.05) is 0 Å². The third-order valence-electron chi connectivity index (χ3n) is 2.53. The molecular formula is C14H12N2. The summed E-state index contributed by atoms with van der Waals surface area (Å²) in [4.78, 5) is 7.97. The van der Waals surface area contributed by atoms with E-state index in [2.05, 4.69) is 22.0 Å². The number of rotatable bonds is 2. The molecule has 78 valence electrons. The second-order valence-corrected chi connectivity index (χ2v) is 3.65. The first kappa shape index (κ1) is 10.4. The van der Waals surface area contributed by atoms with Crippen LogP contribution in [-0.4, -0.2) is 5.71 Å². The van der Waals surface area contributed by atoms with Crippen LogP contribution in [0.1, 0.15) is 6.92 Å². The molecule has 0 amide bonds. The molecule has 2 nitrogen and oxygen atoms in total. The van der Waals surface area contributed by atoms with E-state index in [9.17, 15) is 0 Å². The molecule has 0 unspecified atom stereocenters. The first-order valence-electron chi connectivity index (χ1n) is 5.18. The van der Waals surface area contributed by atoms with E-state index in [4.69, 9.17) is 6.57 Å². The van der Waals surface area contributed by atoms with Crippen LogP contribution < -0.4 is 0 Å². The molecule has 1 aliphatic rings. The molecule has 2 heteroatoms. The quantitative estimate of drug-likeness (QED) is 0.514. The van der Waals surface area contributed by atoms with Crippen LogP contribution in [0, 0.1) is 12.5 Å². The number of benzene rings is 1. The van der Waals surface area contributed by atoms with Gasteiger partial charge < -0.3 is 0 Å². The molecule has 0 aromatic heterocycles. The maximum absolute atomic E-state index is 7.07. The van der Waals surface area contributed by atoms with Gasteiger partial charge in [0.25, 0.3) is 0 Å². The van der Waals surface area contributed by atoms with Crippen LogP contribution in [0.25, 0.3) is 4.85 Å². The summed E-state index contributed by atoms with van der Waals surface area (Å²) in [6, 6.07) is 7.43. The molecule has 0 radical (unpaired) electrons. The Balaban J connectivity index is 2.32. The molecule has 0 atom stereocenters. The van der Waals surface area contributed by atoms with Crippen molar-refractivity contribution in [2.24, 2.45) is 10.9 Å². The fourth-order valence-electron chi connectivity index (χ4n) is 1.63. The summed E-state index contributed by atoms with van der Waals surface area (Å²) in [6.45, 7) is 9.06. The smallest absolute Gasteiger partial charge is 0.212 e. The zero-order valence-corrected chi connectivity index (χ0v) is 9.09. The van der Waals surface area contributed by atoms with Gasteiger partial charge in [-0.3, -0.25) is 4.99 Å². The van der Waals surface area contributed by atoms with Gasteiger partial charge in [-0.15, -0.1) is 0 Å². The van der Waals surface area contributed by atoms with E-state index < -0.39 is 0 Å². The van der Waals surface area contributed by atoms with Gasteiger partial charge in [0.1, 0.15) is 0 Å². The minimum Gasteiger partial charge on any atom is -0.269 e. The minimum absolute atomic E-state index is 0.277. The maximum atomic E-state index is 7.07. The maximum Gasteiger partial charge on any atom is 0.212 e. The first-order chi connectivity index (χ1) is 7.81. The summed E-state index contributed by atoms with van der Waals surface area (Å²) in [5, 5.41) is 0. The van der Waals surface area contributed by atoms with Crippen molar-refractivity contribution in [1.29, 1.82) is 0 Å². The predicted molar refractivity (Wildman–Crippen MR) is 67.2 cm³/mol. The lowest BCUT2D eigenvalue weighted by Gasteiger charge is -2.05. The van der Waals surface area contributed by atoms with E-state index >= 15 is 0 Å². The predicted octanol–water partition coefficient (Wildman–Crippen LogP) is 4.07. The fraction of sp³-hybridized carbons (Fsp3) is 0.143. The largest absolute Gasteiger partial charge is 0.269 e. The zero-order valence-electron chi connectivity index (χ0n) is 9.09. The van der Waals surface area contributed by atoms with Crippen LogP contribution in [-0.2, 0) is 0 Å². The Hall–Kier alpha value is -2.14. The zero-order chi connectivity index (χ0) is 11.4. The average molecular weight is 208 g/mol. The molecule has 0 saturated carbocycles. The number of nitrogens with zero attached hydrogens (tertiary/aromatic N) is 2. The van der Waals surface area contributed by atoms with E-state index in [1.807, 2.05) is 37.3 Å². The molecule has 0 aliphatic heterocycles. The first-order valence-corrected chi connectivity index (χ1v) is 5.18. The van der Waals surface area contributed by atoms with Gasteiger partial charge in [-0.05, 0) is 13.0 Å². The standard InChI is InChI=1S/C14H12N2/c1-11(12-7-3-4-8-12)16-14-10-6-5-9-13(14)15-2/h3-10,12H,1H3. The van der Waals surface area contributed by atoms with Crippen LogP contribution >= 0.6 is 0 Å². The molecule has 1 aliphatic carbocycles. The normalized spacial score (nSPS) is 15.4. The number of aliphatic imine (C=N–C) groups is 1. The lowest BCUT2D eigenvalue weighted by molar-refractivity contribution is 1.14. The Morgan fingerprint density at radius 3 is 2.62 bits per heavy atom. The van der Waals surface area contributed by atoms with E-state index in [0.29, 0.717) is 5.69 Å². The highest BCUT2D eigenvalue weighted by Gasteiger charge is 2.08. The molecule has 16 heavy (non-hydrogen) atoms. The number of hydrogen-bond donors (Lipinski definition) is 0.